The van der Waals surface area contributed by atoms with Crippen LogP contribution in [0, 0.1) is 6.92 Å². The highest BCUT2D eigenvalue weighted by atomic mass is 35.5. The molecule has 0 fully saturated rings. The lowest BCUT2D eigenvalue weighted by Gasteiger charge is -2.13. The molecule has 0 atom stereocenters. The number of halogens is 4. The second-order valence-corrected chi connectivity index (χ2v) is 3.23. The van der Waals surface area contributed by atoms with Gasteiger partial charge in [-0.2, -0.15) is 4.98 Å². The van der Waals surface area contributed by atoms with Gasteiger partial charge in [-0.05, 0) is 13.0 Å². The lowest BCUT2D eigenvalue weighted by Crippen LogP contribution is -2.19. The molecular formula is C9H9ClF3NO2. The van der Waals surface area contributed by atoms with E-state index in [-0.39, 0.29) is 17.3 Å². The first kappa shape index (κ1) is 12.9. The summed E-state index contributed by atoms with van der Waals surface area (Å²) in [5, 5.41) is 0. The zero-order valence-electron chi connectivity index (χ0n) is 8.56. The number of hydrogen-bond acceptors (Lipinski definition) is 3. The van der Waals surface area contributed by atoms with Crippen LogP contribution in [0.3, 0.4) is 0 Å². The number of rotatable bonds is 3. The fraction of sp³-hybridized carbons (Fsp3) is 0.444. The molecule has 0 aliphatic rings. The highest BCUT2D eigenvalue weighted by Crippen LogP contribution is 2.29. The Hall–Kier alpha value is -1.17. The second kappa shape index (κ2) is 4.78. The van der Waals surface area contributed by atoms with Crippen LogP contribution in [0.15, 0.2) is 6.07 Å². The fourth-order valence-electron chi connectivity index (χ4n) is 1.14. The third-order valence-electron chi connectivity index (χ3n) is 1.76. The Balaban J connectivity index is 3.15. The molecule has 0 unspecified atom stereocenters. The van der Waals surface area contributed by atoms with Crippen molar-refractivity contribution in [1.82, 2.24) is 4.98 Å². The highest BCUT2D eigenvalue weighted by Gasteiger charge is 2.33. The fourth-order valence-corrected chi connectivity index (χ4v) is 1.33. The van der Waals surface area contributed by atoms with E-state index in [1.165, 1.54) is 13.2 Å². The van der Waals surface area contributed by atoms with E-state index in [0.29, 0.717) is 5.56 Å². The van der Waals surface area contributed by atoms with Crippen molar-refractivity contribution in [2.45, 2.75) is 19.2 Å². The molecule has 0 N–H and O–H groups in total. The number of aromatic nitrogens is 1. The van der Waals surface area contributed by atoms with E-state index in [2.05, 4.69) is 9.72 Å². The number of aryl methyl sites for hydroxylation is 1. The molecule has 0 aliphatic heterocycles. The normalized spacial score (nSPS) is 11.4. The highest BCUT2D eigenvalue weighted by molar-refractivity contribution is 6.17. The van der Waals surface area contributed by atoms with Gasteiger partial charge in [0.1, 0.15) is 0 Å². The first-order valence-electron chi connectivity index (χ1n) is 4.23. The lowest BCUT2D eigenvalue weighted by molar-refractivity contribution is -0.276. The smallest absolute Gasteiger partial charge is 0.481 e. The first-order valence-corrected chi connectivity index (χ1v) is 4.77. The predicted molar refractivity (Wildman–Crippen MR) is 51.8 cm³/mol. The zero-order chi connectivity index (χ0) is 12.3. The number of methoxy groups -OCH3 is 1. The summed E-state index contributed by atoms with van der Waals surface area (Å²) < 4.78 is 44.7. The summed E-state index contributed by atoms with van der Waals surface area (Å²) in [6.45, 7) is 1.65. The molecule has 7 heteroatoms. The van der Waals surface area contributed by atoms with Crippen LogP contribution in [-0.4, -0.2) is 18.5 Å². The topological polar surface area (TPSA) is 31.4 Å². The van der Waals surface area contributed by atoms with Gasteiger partial charge < -0.3 is 9.47 Å². The molecule has 0 spiro atoms. The SMILES string of the molecule is COc1nc(OC(F)(F)F)c(CCl)cc1C. The zero-order valence-corrected chi connectivity index (χ0v) is 9.32. The quantitative estimate of drug-likeness (QED) is 0.778. The van der Waals surface area contributed by atoms with Crippen LogP contribution < -0.4 is 9.47 Å². The molecule has 0 saturated heterocycles. The molecule has 0 bridgehead atoms. The Morgan fingerprint density at radius 3 is 2.44 bits per heavy atom. The average molecular weight is 256 g/mol. The average Bonchev–Trinajstić information content (AvgIpc) is 2.18. The largest absolute Gasteiger partial charge is 0.574 e. The van der Waals surface area contributed by atoms with Crippen molar-refractivity contribution < 1.29 is 22.6 Å². The Bertz CT molecular complexity index is 382. The van der Waals surface area contributed by atoms with Gasteiger partial charge in [-0.3, -0.25) is 0 Å². The first-order chi connectivity index (χ1) is 7.37. The number of alkyl halides is 4. The van der Waals surface area contributed by atoms with Crippen molar-refractivity contribution >= 4 is 11.6 Å². The predicted octanol–water partition coefficient (Wildman–Crippen LogP) is 3.04. The van der Waals surface area contributed by atoms with Gasteiger partial charge in [0.05, 0.1) is 13.0 Å². The van der Waals surface area contributed by atoms with Crippen LogP contribution >= 0.6 is 11.6 Å². The molecule has 1 aromatic heterocycles. The van der Waals surface area contributed by atoms with Crippen LogP contribution in [0.4, 0.5) is 13.2 Å². The number of nitrogens with zero attached hydrogens (tertiary/aromatic N) is 1. The van der Waals surface area contributed by atoms with Crippen molar-refractivity contribution in [1.29, 1.82) is 0 Å². The molecule has 0 amide bonds. The van der Waals surface area contributed by atoms with E-state index >= 15 is 0 Å². The summed E-state index contributed by atoms with van der Waals surface area (Å²) in [7, 11) is 1.31. The van der Waals surface area contributed by atoms with Gasteiger partial charge in [0.2, 0.25) is 11.8 Å². The Morgan fingerprint density at radius 1 is 1.38 bits per heavy atom. The van der Waals surface area contributed by atoms with Crippen molar-refractivity contribution in [3.63, 3.8) is 0 Å². The summed E-state index contributed by atoms with van der Waals surface area (Å²) >= 11 is 5.50. The van der Waals surface area contributed by atoms with Gasteiger partial charge in [0.15, 0.2) is 0 Å². The molecule has 1 aromatic rings. The summed E-state index contributed by atoms with van der Waals surface area (Å²) in [6, 6.07) is 1.44. The van der Waals surface area contributed by atoms with Gasteiger partial charge >= 0.3 is 6.36 Å². The maximum Gasteiger partial charge on any atom is 0.574 e. The molecule has 0 saturated carbocycles. The van der Waals surface area contributed by atoms with Crippen molar-refractivity contribution in [2.75, 3.05) is 7.11 Å². The van der Waals surface area contributed by atoms with E-state index < -0.39 is 12.2 Å². The molecule has 0 radical (unpaired) electrons. The number of hydrogen-bond donors (Lipinski definition) is 0. The van der Waals surface area contributed by atoms with E-state index in [1.54, 1.807) is 6.92 Å². The lowest BCUT2D eigenvalue weighted by atomic mass is 10.2. The van der Waals surface area contributed by atoms with Crippen molar-refractivity contribution in [3.8, 4) is 11.8 Å². The molecule has 16 heavy (non-hydrogen) atoms. The minimum Gasteiger partial charge on any atom is -0.481 e. The summed E-state index contributed by atoms with van der Waals surface area (Å²) in [4.78, 5) is 3.60. The molecule has 0 aliphatic carbocycles. The van der Waals surface area contributed by atoms with Crippen LogP contribution in [0.25, 0.3) is 0 Å². The monoisotopic (exact) mass is 255 g/mol. The number of ether oxygens (including phenoxy) is 2. The van der Waals surface area contributed by atoms with Crippen LogP contribution in [0.2, 0.25) is 0 Å². The minimum atomic E-state index is -4.80. The van der Waals surface area contributed by atoms with Crippen LogP contribution in [0.5, 0.6) is 11.8 Å². The summed E-state index contributed by atoms with van der Waals surface area (Å²) in [5.74, 6) is -0.624. The van der Waals surface area contributed by atoms with Gasteiger partial charge in [-0.1, -0.05) is 0 Å². The Morgan fingerprint density at radius 2 is 2.00 bits per heavy atom. The second-order valence-electron chi connectivity index (χ2n) is 2.96. The number of pyridine rings is 1. The van der Waals surface area contributed by atoms with Gasteiger partial charge in [-0.15, -0.1) is 24.8 Å². The third-order valence-corrected chi connectivity index (χ3v) is 2.04. The molecule has 3 nitrogen and oxygen atoms in total. The molecule has 1 rings (SSSR count). The third kappa shape index (κ3) is 3.16. The molecular weight excluding hydrogens is 247 g/mol. The summed E-state index contributed by atoms with van der Waals surface area (Å²) in [5.41, 5.74) is 0.755. The maximum atomic E-state index is 12.0. The van der Waals surface area contributed by atoms with Crippen molar-refractivity contribution in [2.24, 2.45) is 0 Å². The van der Waals surface area contributed by atoms with E-state index in [0.717, 1.165) is 0 Å². The van der Waals surface area contributed by atoms with Gasteiger partial charge in [-0.25, -0.2) is 0 Å². The molecule has 1 heterocycles. The van der Waals surface area contributed by atoms with Gasteiger partial charge in [0, 0.05) is 11.1 Å². The Kier molecular flexibility index (Phi) is 3.85. The molecule has 0 aromatic carbocycles. The van der Waals surface area contributed by atoms with Crippen LogP contribution in [0.1, 0.15) is 11.1 Å². The summed E-state index contributed by atoms with van der Waals surface area (Å²) in [6.07, 6.45) is -4.80. The maximum absolute atomic E-state index is 12.0. The molecule has 90 valence electrons. The minimum absolute atomic E-state index is 0.0770. The standard InChI is InChI=1S/C9H9ClF3NO2/c1-5-3-6(4-10)8(14-7(5)15-2)16-9(11,12)13/h3H,4H2,1-2H3. The Labute approximate surface area is 95.1 Å². The van der Waals surface area contributed by atoms with E-state index in [9.17, 15) is 13.2 Å². The van der Waals surface area contributed by atoms with E-state index in [1.807, 2.05) is 0 Å². The van der Waals surface area contributed by atoms with Crippen molar-refractivity contribution in [3.05, 3.63) is 17.2 Å². The van der Waals surface area contributed by atoms with Crippen LogP contribution in [-0.2, 0) is 5.88 Å². The van der Waals surface area contributed by atoms with Gasteiger partial charge in [0.25, 0.3) is 0 Å². The van der Waals surface area contributed by atoms with E-state index in [4.69, 9.17) is 16.3 Å².